The Hall–Kier alpha value is -3.65. The summed E-state index contributed by atoms with van der Waals surface area (Å²) >= 11 is 13.4. The number of carbonyl (C=O) groups excluding carboxylic acids is 1. The van der Waals surface area contributed by atoms with E-state index in [0.29, 0.717) is 33.3 Å². The molecule has 2 aromatic heterocycles. The highest BCUT2D eigenvalue weighted by Crippen LogP contribution is 2.33. The summed E-state index contributed by atoms with van der Waals surface area (Å²) < 4.78 is 1.96. The predicted molar refractivity (Wildman–Crippen MR) is 152 cm³/mol. The van der Waals surface area contributed by atoms with Crippen LogP contribution in [0.1, 0.15) is 0 Å². The summed E-state index contributed by atoms with van der Waals surface area (Å²) in [6.07, 6.45) is 1.78. The van der Waals surface area contributed by atoms with Gasteiger partial charge in [0.15, 0.2) is 11.0 Å². The molecule has 184 valence electrons. The number of allylic oxidation sites excluding steroid dienone is 1. The van der Waals surface area contributed by atoms with Gasteiger partial charge in [-0.3, -0.25) is 9.36 Å². The monoisotopic (exact) mass is 545 g/mol. The second-order valence-electron chi connectivity index (χ2n) is 8.14. The molecule has 0 saturated heterocycles. The number of nitrogens with one attached hydrogen (secondary N) is 1. The minimum Gasteiger partial charge on any atom is -0.325 e. The van der Waals surface area contributed by atoms with Crippen LogP contribution >= 0.6 is 35.0 Å². The number of benzene rings is 3. The predicted octanol–water partition coefficient (Wildman–Crippen LogP) is 7.38. The molecule has 0 saturated carbocycles. The van der Waals surface area contributed by atoms with Crippen molar-refractivity contribution >= 4 is 57.5 Å². The van der Waals surface area contributed by atoms with Crippen molar-refractivity contribution in [3.63, 3.8) is 0 Å². The molecule has 1 N–H and O–H groups in total. The Balaban J connectivity index is 1.47. The quantitative estimate of drug-likeness (QED) is 0.162. The van der Waals surface area contributed by atoms with Gasteiger partial charge in [0.1, 0.15) is 0 Å². The van der Waals surface area contributed by atoms with Gasteiger partial charge in [-0.2, -0.15) is 0 Å². The Bertz CT molecular complexity index is 1580. The lowest BCUT2D eigenvalue weighted by molar-refractivity contribution is -0.113. The van der Waals surface area contributed by atoms with Crippen LogP contribution in [-0.4, -0.2) is 31.4 Å². The van der Waals surface area contributed by atoms with Crippen LogP contribution in [-0.2, 0) is 11.3 Å². The number of hydrogen-bond donors (Lipinski definition) is 1. The van der Waals surface area contributed by atoms with E-state index in [-0.39, 0.29) is 11.7 Å². The zero-order valence-electron chi connectivity index (χ0n) is 19.6. The maximum Gasteiger partial charge on any atom is 0.234 e. The van der Waals surface area contributed by atoms with Gasteiger partial charge in [-0.15, -0.1) is 16.8 Å². The van der Waals surface area contributed by atoms with Gasteiger partial charge >= 0.3 is 0 Å². The molecule has 5 rings (SSSR count). The second-order valence-corrected chi connectivity index (χ2v) is 9.95. The lowest BCUT2D eigenvalue weighted by Crippen LogP contribution is -2.14. The summed E-state index contributed by atoms with van der Waals surface area (Å²) in [5, 5.41) is 14.2. The zero-order valence-corrected chi connectivity index (χ0v) is 21.9. The summed E-state index contributed by atoms with van der Waals surface area (Å²) in [5.41, 5.74) is 4.16. The van der Waals surface area contributed by atoms with E-state index in [2.05, 4.69) is 22.1 Å². The van der Waals surface area contributed by atoms with Crippen molar-refractivity contribution < 1.29 is 4.79 Å². The number of fused-ring (bicyclic) bond motifs is 1. The van der Waals surface area contributed by atoms with E-state index < -0.39 is 0 Å². The van der Waals surface area contributed by atoms with E-state index in [0.717, 1.165) is 27.7 Å². The third-order valence-corrected chi connectivity index (χ3v) is 6.94. The number of thioether (sulfide) groups is 1. The molecular formula is C28H21Cl2N5OS. The van der Waals surface area contributed by atoms with Crippen LogP contribution in [0.15, 0.2) is 96.7 Å². The molecule has 0 aliphatic carbocycles. The van der Waals surface area contributed by atoms with Crippen molar-refractivity contribution in [1.29, 1.82) is 0 Å². The van der Waals surface area contributed by atoms with Crippen molar-refractivity contribution in [2.75, 3.05) is 11.1 Å². The first kappa shape index (κ1) is 25.0. The maximum atomic E-state index is 12.6. The Morgan fingerprint density at radius 3 is 2.46 bits per heavy atom. The van der Waals surface area contributed by atoms with Crippen molar-refractivity contribution in [1.82, 2.24) is 19.7 Å². The van der Waals surface area contributed by atoms with E-state index in [1.54, 1.807) is 24.3 Å². The van der Waals surface area contributed by atoms with Crippen molar-refractivity contribution in [2.45, 2.75) is 11.7 Å². The van der Waals surface area contributed by atoms with Gasteiger partial charge in [0.2, 0.25) is 5.91 Å². The molecule has 0 radical (unpaired) electrons. The molecule has 6 nitrogen and oxygen atoms in total. The number of para-hydroxylation sites is 1. The van der Waals surface area contributed by atoms with Gasteiger partial charge in [-0.25, -0.2) is 4.98 Å². The number of amides is 1. The van der Waals surface area contributed by atoms with Crippen molar-refractivity contribution in [3.8, 4) is 22.6 Å². The fourth-order valence-corrected chi connectivity index (χ4v) is 5.23. The van der Waals surface area contributed by atoms with Crippen molar-refractivity contribution in [3.05, 3.63) is 102 Å². The van der Waals surface area contributed by atoms with Gasteiger partial charge < -0.3 is 5.32 Å². The highest BCUT2D eigenvalue weighted by atomic mass is 35.5. The molecule has 0 unspecified atom stereocenters. The SMILES string of the molecule is C=CCn1c(SCC(=O)Nc2cc(Cl)cc(Cl)c2)nnc1-c1cc(-c2ccccc2)nc2ccccc12. The van der Waals surface area contributed by atoms with Crippen LogP contribution in [0.25, 0.3) is 33.5 Å². The van der Waals surface area contributed by atoms with Gasteiger partial charge in [-0.1, -0.05) is 89.6 Å². The molecule has 0 spiro atoms. The molecule has 1 amide bonds. The molecule has 0 fully saturated rings. The molecule has 5 aromatic rings. The zero-order chi connectivity index (χ0) is 25.8. The molecular weight excluding hydrogens is 525 g/mol. The molecule has 0 aliphatic heterocycles. The normalized spacial score (nSPS) is 11.0. The maximum absolute atomic E-state index is 12.6. The standard InChI is InChI=1S/C28H21Cl2N5OS/c1-2-12-35-27(33-34-28(35)37-17-26(36)31-21-14-19(29)13-20(30)15-21)23-16-25(18-8-4-3-5-9-18)32-24-11-7-6-10-22(23)24/h2-11,13-16H,1,12,17H2,(H,31,36). The largest absolute Gasteiger partial charge is 0.325 e. The van der Waals surface area contributed by atoms with Gasteiger partial charge in [0, 0.05) is 38.8 Å². The Morgan fingerprint density at radius 1 is 0.973 bits per heavy atom. The first-order valence-electron chi connectivity index (χ1n) is 11.4. The number of pyridine rings is 1. The molecule has 37 heavy (non-hydrogen) atoms. The van der Waals surface area contributed by atoms with E-state index in [1.165, 1.54) is 11.8 Å². The van der Waals surface area contributed by atoms with Gasteiger partial charge in [-0.05, 0) is 30.3 Å². The van der Waals surface area contributed by atoms with E-state index >= 15 is 0 Å². The highest BCUT2D eigenvalue weighted by Gasteiger charge is 2.19. The van der Waals surface area contributed by atoms with Crippen LogP contribution in [0.5, 0.6) is 0 Å². The summed E-state index contributed by atoms with van der Waals surface area (Å²) in [4.78, 5) is 17.5. The summed E-state index contributed by atoms with van der Waals surface area (Å²) in [6, 6.07) is 24.9. The molecule has 3 aromatic carbocycles. The molecule has 2 heterocycles. The van der Waals surface area contributed by atoms with Gasteiger partial charge in [0.05, 0.1) is 17.0 Å². The molecule has 0 atom stereocenters. The minimum absolute atomic E-state index is 0.131. The third kappa shape index (κ3) is 5.69. The average Bonchev–Trinajstić information content (AvgIpc) is 3.29. The van der Waals surface area contributed by atoms with Crippen LogP contribution in [0, 0.1) is 0 Å². The number of rotatable bonds is 8. The first-order valence-corrected chi connectivity index (χ1v) is 13.1. The van der Waals surface area contributed by atoms with Gasteiger partial charge in [0.25, 0.3) is 0 Å². The fourth-order valence-electron chi connectivity index (χ4n) is 3.96. The number of nitrogens with zero attached hydrogens (tertiary/aromatic N) is 4. The second kappa shape index (κ2) is 11.2. The van der Waals surface area contributed by atoms with Crippen molar-refractivity contribution in [2.24, 2.45) is 0 Å². The Kier molecular flexibility index (Phi) is 7.55. The van der Waals surface area contributed by atoms with E-state index in [4.69, 9.17) is 28.2 Å². The topological polar surface area (TPSA) is 72.7 Å². The van der Waals surface area contributed by atoms with Crippen LogP contribution in [0.3, 0.4) is 0 Å². The van der Waals surface area contributed by atoms with E-state index in [1.807, 2.05) is 65.2 Å². The van der Waals surface area contributed by atoms with Crippen LogP contribution in [0.4, 0.5) is 5.69 Å². The smallest absolute Gasteiger partial charge is 0.234 e. The average molecular weight is 546 g/mol. The third-order valence-electron chi connectivity index (χ3n) is 5.53. The Labute approximate surface area is 228 Å². The summed E-state index contributed by atoms with van der Waals surface area (Å²) in [5.74, 6) is 0.602. The first-order chi connectivity index (χ1) is 18.0. The molecule has 0 bridgehead atoms. The lowest BCUT2D eigenvalue weighted by atomic mass is 10.0. The number of hydrogen-bond acceptors (Lipinski definition) is 5. The Morgan fingerprint density at radius 2 is 1.70 bits per heavy atom. The van der Waals surface area contributed by atoms with Crippen LogP contribution < -0.4 is 5.32 Å². The minimum atomic E-state index is -0.209. The van der Waals surface area contributed by atoms with E-state index in [9.17, 15) is 4.79 Å². The fraction of sp³-hybridized carbons (Fsp3) is 0.0714. The summed E-state index contributed by atoms with van der Waals surface area (Å²) in [7, 11) is 0. The summed E-state index contributed by atoms with van der Waals surface area (Å²) in [6.45, 7) is 4.38. The number of carbonyl (C=O) groups is 1. The number of halogens is 2. The molecule has 9 heteroatoms. The number of aromatic nitrogens is 4. The van der Waals surface area contributed by atoms with Crippen LogP contribution in [0.2, 0.25) is 10.0 Å². The highest BCUT2D eigenvalue weighted by molar-refractivity contribution is 7.99. The number of anilines is 1. The lowest BCUT2D eigenvalue weighted by Gasteiger charge is -2.12. The molecule has 0 aliphatic rings.